The second-order valence-corrected chi connectivity index (χ2v) is 6.12. The second kappa shape index (κ2) is 9.26. The van der Waals surface area contributed by atoms with Gasteiger partial charge in [0, 0.05) is 12.4 Å². The molecule has 17 heavy (non-hydrogen) atoms. The summed E-state index contributed by atoms with van der Waals surface area (Å²) in [4.78, 5) is 0. The maximum Gasteiger partial charge on any atom is 0.0543 e. The van der Waals surface area contributed by atoms with Gasteiger partial charge in [-0.15, -0.1) is 0 Å². The van der Waals surface area contributed by atoms with Gasteiger partial charge in [-0.3, -0.25) is 4.68 Å². The third kappa shape index (κ3) is 17.8. The van der Waals surface area contributed by atoms with Crippen LogP contribution >= 0.6 is 0 Å². The van der Waals surface area contributed by atoms with E-state index in [1.54, 1.807) is 6.20 Å². The molecule has 0 aliphatic carbocycles. The van der Waals surface area contributed by atoms with Gasteiger partial charge in [-0.1, -0.05) is 49.0 Å². The molecule has 0 saturated heterocycles. The summed E-state index contributed by atoms with van der Waals surface area (Å²) in [6.45, 7) is 19.1. The summed E-state index contributed by atoms with van der Waals surface area (Å²) >= 11 is 0. The van der Waals surface area contributed by atoms with Crippen LogP contribution < -0.4 is 0 Å². The van der Waals surface area contributed by atoms with Crippen molar-refractivity contribution >= 4 is 0 Å². The standard InChI is InChI=1S/C7H12N2.C5H12.C2H6.CH4/c1-7(2,3)9-6-4-5-8-9;1-5(2,3)4;1-2;/h4-6H,1-3H3;1-4H3;1-2H3;1H4. The highest BCUT2D eigenvalue weighted by molar-refractivity contribution is 4.83. The van der Waals surface area contributed by atoms with Crippen LogP contribution in [0.5, 0.6) is 0 Å². The second-order valence-electron chi connectivity index (χ2n) is 6.12. The number of rotatable bonds is 0. The van der Waals surface area contributed by atoms with Gasteiger partial charge in [0.1, 0.15) is 0 Å². The summed E-state index contributed by atoms with van der Waals surface area (Å²) in [6.07, 6.45) is 3.77. The lowest BCUT2D eigenvalue weighted by Crippen LogP contribution is -2.21. The highest BCUT2D eigenvalue weighted by Gasteiger charge is 2.10. The van der Waals surface area contributed by atoms with Gasteiger partial charge in [-0.05, 0) is 32.3 Å². The zero-order chi connectivity index (χ0) is 13.4. The fraction of sp³-hybridized carbons (Fsp3) is 0.800. The van der Waals surface area contributed by atoms with Crippen LogP contribution in [-0.4, -0.2) is 9.78 Å². The maximum absolute atomic E-state index is 4.10. The van der Waals surface area contributed by atoms with Crippen LogP contribution in [0.3, 0.4) is 0 Å². The van der Waals surface area contributed by atoms with Crippen LogP contribution in [0.1, 0.15) is 69.7 Å². The lowest BCUT2D eigenvalue weighted by atomic mass is 10.0. The normalized spacial score (nSPS) is 10.2. The third-order valence-corrected chi connectivity index (χ3v) is 1.19. The average Bonchev–Trinajstić information content (AvgIpc) is 2.55. The molecule has 0 aliphatic heterocycles. The lowest BCUT2D eigenvalue weighted by molar-refractivity contribution is 0.355. The van der Waals surface area contributed by atoms with Crippen LogP contribution in [-0.2, 0) is 5.54 Å². The molecule has 0 unspecified atom stereocenters. The molecule has 0 N–H and O–H groups in total. The Morgan fingerprint density at radius 2 is 1.24 bits per heavy atom. The molecule has 0 saturated carbocycles. The first-order valence-electron chi connectivity index (χ1n) is 6.11. The largest absolute Gasteiger partial charge is 0.268 e. The van der Waals surface area contributed by atoms with Crippen molar-refractivity contribution in [1.29, 1.82) is 0 Å². The summed E-state index contributed by atoms with van der Waals surface area (Å²) in [7, 11) is 0. The lowest BCUT2D eigenvalue weighted by Gasteiger charge is -2.18. The van der Waals surface area contributed by atoms with Crippen molar-refractivity contribution in [2.24, 2.45) is 5.41 Å². The summed E-state index contributed by atoms with van der Waals surface area (Å²) in [5.74, 6) is 0. The van der Waals surface area contributed by atoms with Crippen LogP contribution in [0, 0.1) is 5.41 Å². The van der Waals surface area contributed by atoms with E-state index >= 15 is 0 Å². The Morgan fingerprint density at radius 1 is 0.882 bits per heavy atom. The Morgan fingerprint density at radius 3 is 1.35 bits per heavy atom. The molecule has 2 nitrogen and oxygen atoms in total. The molecule has 1 aromatic rings. The Labute approximate surface area is 109 Å². The van der Waals surface area contributed by atoms with E-state index < -0.39 is 0 Å². The van der Waals surface area contributed by atoms with Crippen molar-refractivity contribution in [3.05, 3.63) is 18.5 Å². The van der Waals surface area contributed by atoms with E-state index in [1.807, 2.05) is 30.8 Å². The molecule has 0 bridgehead atoms. The monoisotopic (exact) mass is 242 g/mol. The van der Waals surface area contributed by atoms with Gasteiger partial charge in [0.25, 0.3) is 0 Å². The molecule has 1 heterocycles. The van der Waals surface area contributed by atoms with E-state index in [0.29, 0.717) is 5.41 Å². The minimum absolute atomic E-state index is 0. The highest BCUT2D eigenvalue weighted by Crippen LogP contribution is 2.10. The predicted octanol–water partition coefficient (Wildman–Crippen LogP) is 5.35. The Bertz CT molecular complexity index is 229. The topological polar surface area (TPSA) is 17.8 Å². The maximum atomic E-state index is 4.10. The van der Waals surface area contributed by atoms with Gasteiger partial charge in [-0.25, -0.2) is 0 Å². The summed E-state index contributed by atoms with van der Waals surface area (Å²) in [5.41, 5.74) is 0.628. The first-order valence-corrected chi connectivity index (χ1v) is 6.11. The van der Waals surface area contributed by atoms with E-state index in [2.05, 4.69) is 53.6 Å². The smallest absolute Gasteiger partial charge is 0.0543 e. The molecule has 2 heteroatoms. The third-order valence-electron chi connectivity index (χ3n) is 1.19. The molecule has 0 radical (unpaired) electrons. The zero-order valence-electron chi connectivity index (χ0n) is 12.6. The molecule has 1 rings (SSSR count). The number of hydrogen-bond donors (Lipinski definition) is 0. The van der Waals surface area contributed by atoms with Crippen LogP contribution in [0.4, 0.5) is 0 Å². The van der Waals surface area contributed by atoms with Crippen molar-refractivity contribution in [3.8, 4) is 0 Å². The van der Waals surface area contributed by atoms with E-state index in [4.69, 9.17) is 0 Å². The number of nitrogens with zero attached hydrogens (tertiary/aromatic N) is 2. The van der Waals surface area contributed by atoms with E-state index in [1.165, 1.54) is 0 Å². The molecule has 1 aromatic heterocycles. The van der Waals surface area contributed by atoms with Crippen molar-refractivity contribution in [2.45, 2.75) is 75.3 Å². The molecule has 0 spiro atoms. The fourth-order valence-corrected chi connectivity index (χ4v) is 0.666. The quantitative estimate of drug-likeness (QED) is 0.599. The van der Waals surface area contributed by atoms with Crippen molar-refractivity contribution in [1.82, 2.24) is 9.78 Å². The molecule has 0 aliphatic rings. The van der Waals surface area contributed by atoms with Crippen LogP contribution in [0.2, 0.25) is 0 Å². The zero-order valence-corrected chi connectivity index (χ0v) is 12.6. The van der Waals surface area contributed by atoms with Gasteiger partial charge in [-0.2, -0.15) is 5.10 Å². The van der Waals surface area contributed by atoms with Gasteiger partial charge in [0.15, 0.2) is 0 Å². The number of aromatic nitrogens is 2. The minimum Gasteiger partial charge on any atom is -0.268 e. The van der Waals surface area contributed by atoms with Gasteiger partial charge in [0.2, 0.25) is 0 Å². The predicted molar refractivity (Wildman–Crippen MR) is 80.4 cm³/mol. The van der Waals surface area contributed by atoms with E-state index in [9.17, 15) is 0 Å². The summed E-state index contributed by atoms with van der Waals surface area (Å²) < 4.78 is 1.94. The SMILES string of the molecule is C.CC.CC(C)(C)C.CC(C)(C)n1cccn1. The minimum atomic E-state index is 0. The Kier molecular flexibility index (Phi) is 11.7. The van der Waals surface area contributed by atoms with Gasteiger partial charge < -0.3 is 0 Å². The molecular weight excluding hydrogens is 208 g/mol. The number of hydrogen-bond acceptors (Lipinski definition) is 1. The molecule has 0 amide bonds. The van der Waals surface area contributed by atoms with Crippen molar-refractivity contribution < 1.29 is 0 Å². The molecule has 0 atom stereocenters. The molecular formula is C15H34N2. The van der Waals surface area contributed by atoms with Crippen molar-refractivity contribution in [3.63, 3.8) is 0 Å². The first-order chi connectivity index (χ1) is 7.11. The fourth-order valence-electron chi connectivity index (χ4n) is 0.666. The Hall–Kier alpha value is -0.790. The highest BCUT2D eigenvalue weighted by atomic mass is 15.3. The van der Waals surface area contributed by atoms with E-state index in [0.717, 1.165) is 0 Å². The van der Waals surface area contributed by atoms with E-state index in [-0.39, 0.29) is 13.0 Å². The molecule has 104 valence electrons. The van der Waals surface area contributed by atoms with Crippen LogP contribution in [0.25, 0.3) is 0 Å². The Balaban J connectivity index is -0.000000213. The molecule has 0 fully saturated rings. The summed E-state index contributed by atoms with van der Waals surface area (Å²) in [6, 6.07) is 1.94. The van der Waals surface area contributed by atoms with Crippen molar-refractivity contribution in [2.75, 3.05) is 0 Å². The van der Waals surface area contributed by atoms with Gasteiger partial charge in [0.05, 0.1) is 5.54 Å². The first kappa shape index (κ1) is 21.5. The molecule has 0 aromatic carbocycles. The van der Waals surface area contributed by atoms with Gasteiger partial charge >= 0.3 is 0 Å². The van der Waals surface area contributed by atoms with Crippen LogP contribution in [0.15, 0.2) is 18.5 Å². The average molecular weight is 242 g/mol. The summed E-state index contributed by atoms with van der Waals surface area (Å²) in [5, 5.41) is 4.10.